The summed E-state index contributed by atoms with van der Waals surface area (Å²) in [5.74, 6) is -37.6. The number of hydrogen-bond donors (Lipinski definition) is 7. The zero-order valence-corrected chi connectivity index (χ0v) is 60.7. The second-order valence-electron chi connectivity index (χ2n) is 25.9. The number of aliphatic hydroxyl groups is 1. The van der Waals surface area contributed by atoms with Crippen molar-refractivity contribution in [2.75, 3.05) is 73.9 Å². The highest BCUT2D eigenvalue weighted by Crippen LogP contribution is 2.42. The first-order valence-electron chi connectivity index (χ1n) is 34.6. The van der Waals surface area contributed by atoms with Gasteiger partial charge in [0.05, 0.1) is 65.6 Å². The molecule has 0 spiro atoms. The molecule has 3 aliphatic rings. The standard InChI is InChI=1S/C21H19F5N2O2.C20H17F5N2O2.C19H15F5N2O3.C19H17F5N2O2/c1-12(28-8-6-15(29)7-9-28)21(25,26)16-10-13(2-4-17(16)22)20(30)27-14-3-5-18(23)19(24)11-14;1-12(27-6-8-29-9-7-27)20(24,25)15-10-13(2-4-16(15)21)19(28)26-14-3-5-17(22)18(23)11-14;20-14-3-1-10(17(27)25-11-2-4-15(21)16(22)8-11)7-13(14)19(23,24)18(28)26-12-5-6-29-9-12;1-3-10(2)25-18(28)19(23,24)13-8-11(4-6-14(13)20)17(27)26-12-5-7-15(21)16(22)9-12/h2-5,10-11,15,29H,1,6-9H2,(H,27,30);2-5,10-11H,1,6-9H2,(H,26,28);1-4,7-8,12H,5-6,9H2,(H,25,27)(H,26,28);4-10H,3H2,1-2H3,(H,25,28)(H,26,27)/t;;12-;/m..0./s1. The van der Waals surface area contributed by atoms with E-state index in [2.05, 4.69) is 45.1 Å². The van der Waals surface area contributed by atoms with Crippen LogP contribution in [0.4, 0.5) is 111 Å². The molecule has 8 aromatic rings. The summed E-state index contributed by atoms with van der Waals surface area (Å²) in [5.41, 5.74) is -7.62. The molecule has 0 saturated carbocycles. The minimum Gasteiger partial charge on any atom is -0.393 e. The van der Waals surface area contributed by atoms with Crippen molar-refractivity contribution >= 4 is 58.2 Å². The van der Waals surface area contributed by atoms with Gasteiger partial charge in [-0.15, -0.1) is 0 Å². The van der Waals surface area contributed by atoms with Crippen LogP contribution in [-0.4, -0.2) is 121 Å². The first kappa shape index (κ1) is 89.7. The fraction of sp³-hybridized carbons (Fsp3) is 0.266. The number of benzene rings is 8. The quantitative estimate of drug-likeness (QED) is 0.0336. The summed E-state index contributed by atoms with van der Waals surface area (Å²) in [5, 5.41) is 22.5. The third kappa shape index (κ3) is 22.6. The molecule has 0 aliphatic carbocycles. The third-order valence-corrected chi connectivity index (χ3v) is 17.8. The molecule has 7 N–H and O–H groups in total. The molecular weight excluding hydrogens is 1580 g/mol. The summed E-state index contributed by atoms with van der Waals surface area (Å²) >= 11 is 0. The highest BCUT2D eigenvalue weighted by atomic mass is 19.3. The Morgan fingerprint density at radius 3 is 0.983 bits per heavy atom. The number of amides is 6. The van der Waals surface area contributed by atoms with Crippen LogP contribution in [0.2, 0.25) is 0 Å². The van der Waals surface area contributed by atoms with Crippen LogP contribution in [0.1, 0.15) is 103 Å². The number of nitrogens with zero attached hydrogens (tertiary/aromatic N) is 2. The van der Waals surface area contributed by atoms with E-state index in [1.165, 1.54) is 16.7 Å². The third-order valence-electron chi connectivity index (χ3n) is 17.8. The molecule has 11 rings (SSSR count). The molecule has 0 bridgehead atoms. The smallest absolute Gasteiger partial charge is 0.352 e. The van der Waals surface area contributed by atoms with Crippen LogP contribution in [-0.2, 0) is 42.8 Å². The summed E-state index contributed by atoms with van der Waals surface area (Å²) in [7, 11) is 0. The SMILES string of the molecule is C=C(N1CCC(O)CC1)C(F)(F)c1cc(C(=O)Nc2ccc(F)c(F)c2)ccc1F.C=C(N1CCOCC1)C(F)(F)c1cc(C(=O)Nc2ccc(F)c(F)c2)ccc1F.CCC(C)NC(=O)C(F)(F)c1cc(C(=O)Nc2ccc(F)c(F)c2)ccc1F.O=C(Nc1ccc(F)c(F)c1)c1ccc(F)c(C(F)(F)C(=O)N[C@H]2CCOC2)c1. The van der Waals surface area contributed by atoms with Crippen molar-refractivity contribution in [3.63, 3.8) is 0 Å². The second-order valence-corrected chi connectivity index (χ2v) is 25.9. The van der Waals surface area contributed by atoms with Gasteiger partial charge in [-0.3, -0.25) is 28.8 Å². The van der Waals surface area contributed by atoms with E-state index < -0.39 is 192 Å². The molecule has 37 heteroatoms. The van der Waals surface area contributed by atoms with E-state index in [1.807, 2.05) is 0 Å². The molecule has 1 unspecified atom stereocenters. The monoisotopic (exact) mass is 1650 g/mol. The largest absolute Gasteiger partial charge is 0.393 e. The average Bonchev–Trinajstić information content (AvgIpc) is 0.794. The van der Waals surface area contributed by atoms with E-state index in [9.17, 15) is 122 Å². The molecule has 0 radical (unpaired) electrons. The van der Waals surface area contributed by atoms with Crippen LogP contribution < -0.4 is 31.9 Å². The van der Waals surface area contributed by atoms with Gasteiger partial charge in [0.1, 0.15) is 23.3 Å². The topological polar surface area (TPSA) is 220 Å². The van der Waals surface area contributed by atoms with E-state index in [0.29, 0.717) is 61.9 Å². The Hall–Kier alpha value is -11.9. The van der Waals surface area contributed by atoms with Crippen molar-refractivity contribution in [1.82, 2.24) is 20.4 Å². The lowest BCUT2D eigenvalue weighted by molar-refractivity contribution is -0.148. The Labute approximate surface area is 647 Å². The van der Waals surface area contributed by atoms with Gasteiger partial charge in [-0.1, -0.05) is 20.1 Å². The zero-order chi connectivity index (χ0) is 85.5. The number of morpholine rings is 1. The molecule has 8 aromatic carbocycles. The number of carbonyl (C=O) groups excluding carboxylic acids is 6. The highest BCUT2D eigenvalue weighted by molar-refractivity contribution is 6.07. The molecular formula is C79H68F20N8O9. The van der Waals surface area contributed by atoms with Gasteiger partial charge < -0.3 is 56.3 Å². The zero-order valence-electron chi connectivity index (χ0n) is 60.7. The fourth-order valence-corrected chi connectivity index (χ4v) is 11.0. The van der Waals surface area contributed by atoms with E-state index in [1.54, 1.807) is 6.92 Å². The maximum atomic E-state index is 15.0. The predicted octanol–water partition coefficient (Wildman–Crippen LogP) is 16.4. The van der Waals surface area contributed by atoms with Gasteiger partial charge in [0.15, 0.2) is 46.5 Å². The Kier molecular flexibility index (Phi) is 29.8. The van der Waals surface area contributed by atoms with Gasteiger partial charge in [0.2, 0.25) is 0 Å². The Morgan fingerprint density at radius 2 is 0.690 bits per heavy atom. The molecule has 2 atom stereocenters. The van der Waals surface area contributed by atoms with Gasteiger partial charge in [-0.05, 0) is 154 Å². The lowest BCUT2D eigenvalue weighted by Gasteiger charge is -2.36. The van der Waals surface area contributed by atoms with Crippen LogP contribution in [0.15, 0.2) is 170 Å². The average molecular weight is 1650 g/mol. The van der Waals surface area contributed by atoms with Gasteiger partial charge in [0.25, 0.3) is 35.4 Å². The van der Waals surface area contributed by atoms with Gasteiger partial charge in [-0.25, -0.2) is 52.7 Å². The van der Waals surface area contributed by atoms with Gasteiger partial charge >= 0.3 is 23.7 Å². The van der Waals surface area contributed by atoms with Crippen LogP contribution in [0.3, 0.4) is 0 Å². The lowest BCUT2D eigenvalue weighted by atomic mass is 9.99. The van der Waals surface area contributed by atoms with Crippen molar-refractivity contribution in [3.8, 4) is 0 Å². The maximum absolute atomic E-state index is 15.0. The Bertz CT molecular complexity index is 4980. The number of rotatable bonds is 21. The summed E-state index contributed by atoms with van der Waals surface area (Å²) in [6.45, 7) is 11.5. The minimum atomic E-state index is -4.25. The highest BCUT2D eigenvalue weighted by Gasteiger charge is 2.47. The van der Waals surface area contributed by atoms with Gasteiger partial charge in [-0.2, -0.15) is 35.1 Å². The molecule has 3 saturated heterocycles. The van der Waals surface area contributed by atoms with Crippen LogP contribution >= 0.6 is 0 Å². The predicted molar refractivity (Wildman–Crippen MR) is 381 cm³/mol. The van der Waals surface area contributed by atoms with Gasteiger partial charge in [0, 0.05) is 108 Å². The number of aliphatic hydroxyl groups excluding tert-OH is 1. The number of ether oxygens (including phenoxy) is 2. The minimum absolute atomic E-state index is 0.0704. The van der Waals surface area contributed by atoms with Crippen LogP contribution in [0.5, 0.6) is 0 Å². The number of nitrogens with one attached hydrogen (secondary N) is 6. The number of halogens is 20. The number of likely N-dealkylation sites (tertiary alicyclic amines) is 1. The summed E-state index contributed by atoms with van der Waals surface area (Å²) in [6, 6.07) is 18.3. The molecule has 0 aromatic heterocycles. The van der Waals surface area contributed by atoms with E-state index in [-0.39, 0.29) is 92.7 Å². The molecule has 116 heavy (non-hydrogen) atoms. The van der Waals surface area contributed by atoms with E-state index >= 15 is 0 Å². The lowest BCUT2D eigenvalue weighted by Crippen LogP contribution is -2.44. The van der Waals surface area contributed by atoms with Crippen molar-refractivity contribution in [1.29, 1.82) is 0 Å². The van der Waals surface area contributed by atoms with E-state index in [4.69, 9.17) is 9.47 Å². The number of anilines is 4. The summed E-state index contributed by atoms with van der Waals surface area (Å²) in [6.07, 6.45) is 0.729. The Morgan fingerprint density at radius 1 is 0.397 bits per heavy atom. The van der Waals surface area contributed by atoms with Crippen LogP contribution in [0, 0.1) is 69.8 Å². The molecule has 3 fully saturated rings. The summed E-state index contributed by atoms with van der Waals surface area (Å²) < 4.78 is 289. The second kappa shape index (κ2) is 38.5. The number of alkyl halides is 8. The first-order valence-corrected chi connectivity index (χ1v) is 34.6. The molecule has 618 valence electrons. The fourth-order valence-electron chi connectivity index (χ4n) is 11.0. The maximum Gasteiger partial charge on any atom is 0.352 e. The van der Waals surface area contributed by atoms with Crippen molar-refractivity contribution in [3.05, 3.63) is 284 Å². The Balaban J connectivity index is 0.000000193. The molecule has 3 heterocycles. The number of carbonyl (C=O) groups is 6. The van der Waals surface area contributed by atoms with E-state index in [0.717, 1.165) is 103 Å². The number of allylic oxidation sites excluding steroid dienone is 2. The molecule has 3 aliphatic heterocycles. The van der Waals surface area contributed by atoms with Crippen LogP contribution in [0.25, 0.3) is 0 Å². The normalized spacial score (nSPS) is 14.7. The van der Waals surface area contributed by atoms with Crippen molar-refractivity contribution in [2.24, 2.45) is 0 Å². The number of piperidine rings is 1. The summed E-state index contributed by atoms with van der Waals surface area (Å²) in [4.78, 5) is 75.5. The van der Waals surface area contributed by atoms with Crippen molar-refractivity contribution < 1.29 is 131 Å². The first-order chi connectivity index (χ1) is 54.5. The molecule has 17 nitrogen and oxygen atoms in total. The molecule has 6 amide bonds. The van der Waals surface area contributed by atoms with Crippen molar-refractivity contribution in [2.45, 2.75) is 81.4 Å². The number of hydrogen-bond acceptors (Lipinski definition) is 11.